The average molecular weight is 398 g/mol. The predicted molar refractivity (Wildman–Crippen MR) is 108 cm³/mol. The highest BCUT2D eigenvalue weighted by atomic mass is 19.4. The summed E-state index contributed by atoms with van der Waals surface area (Å²) in [6.07, 6.45) is -3.81. The van der Waals surface area contributed by atoms with E-state index in [1.54, 1.807) is 12.1 Å². The lowest BCUT2D eigenvalue weighted by atomic mass is 9.87. The van der Waals surface area contributed by atoms with Crippen LogP contribution in [0, 0.1) is 6.92 Å². The normalized spacial score (nSPS) is 16.3. The molecule has 29 heavy (non-hydrogen) atoms. The molecule has 3 nitrogen and oxygen atoms in total. The smallest absolute Gasteiger partial charge is 0.406 e. The lowest BCUT2D eigenvalue weighted by molar-refractivity contribution is -0.274. The van der Waals surface area contributed by atoms with Crippen molar-refractivity contribution >= 4 is 5.69 Å². The summed E-state index contributed by atoms with van der Waals surface area (Å²) < 4.78 is 41.2. The maximum Gasteiger partial charge on any atom is 0.573 e. The maximum atomic E-state index is 12.4. The fraction of sp³-hybridized carbons (Fsp3) is 0.217. The molecular weight excluding hydrogens is 377 g/mol. The SMILES string of the molecule is Cc1ccc(C2NCCc3c(N)cccc32)cc1-c1ccc(OC(F)(F)F)cc1. The Kier molecular flexibility index (Phi) is 4.96. The topological polar surface area (TPSA) is 47.3 Å². The molecule has 0 fully saturated rings. The van der Waals surface area contributed by atoms with Crippen LogP contribution in [0.2, 0.25) is 0 Å². The lowest BCUT2D eigenvalue weighted by Crippen LogP contribution is -2.31. The van der Waals surface area contributed by atoms with E-state index in [9.17, 15) is 13.2 Å². The molecule has 3 aromatic carbocycles. The minimum Gasteiger partial charge on any atom is -0.406 e. The van der Waals surface area contributed by atoms with Crippen molar-refractivity contribution in [3.05, 3.63) is 82.9 Å². The van der Waals surface area contributed by atoms with Crippen molar-refractivity contribution in [1.82, 2.24) is 5.32 Å². The zero-order chi connectivity index (χ0) is 20.6. The summed E-state index contributed by atoms with van der Waals surface area (Å²) in [5.74, 6) is -0.228. The van der Waals surface area contributed by atoms with Crippen LogP contribution >= 0.6 is 0 Å². The van der Waals surface area contributed by atoms with Crippen molar-refractivity contribution in [2.75, 3.05) is 12.3 Å². The van der Waals surface area contributed by atoms with Crippen LogP contribution < -0.4 is 15.8 Å². The molecule has 3 N–H and O–H groups in total. The quantitative estimate of drug-likeness (QED) is 0.583. The Labute approximate surface area is 167 Å². The van der Waals surface area contributed by atoms with Gasteiger partial charge >= 0.3 is 6.36 Å². The molecule has 0 saturated carbocycles. The van der Waals surface area contributed by atoms with Gasteiger partial charge in [-0.1, -0.05) is 36.4 Å². The van der Waals surface area contributed by atoms with Gasteiger partial charge in [-0.3, -0.25) is 0 Å². The molecule has 1 aliphatic heterocycles. The Hall–Kier alpha value is -2.99. The summed E-state index contributed by atoms with van der Waals surface area (Å²) in [5.41, 5.74) is 13.3. The number of nitrogens with one attached hydrogen (secondary N) is 1. The molecule has 150 valence electrons. The van der Waals surface area contributed by atoms with Crippen LogP contribution in [0.4, 0.5) is 18.9 Å². The lowest BCUT2D eigenvalue weighted by Gasteiger charge is -2.29. The van der Waals surface area contributed by atoms with Crippen LogP contribution in [0.5, 0.6) is 5.75 Å². The molecule has 4 rings (SSSR count). The van der Waals surface area contributed by atoms with Gasteiger partial charge < -0.3 is 15.8 Å². The minimum atomic E-state index is -4.70. The van der Waals surface area contributed by atoms with Gasteiger partial charge in [0.15, 0.2) is 0 Å². The fourth-order valence-corrected chi connectivity index (χ4v) is 3.90. The summed E-state index contributed by atoms with van der Waals surface area (Å²) in [5, 5.41) is 3.55. The first-order chi connectivity index (χ1) is 13.8. The molecule has 3 aromatic rings. The van der Waals surface area contributed by atoms with E-state index < -0.39 is 6.36 Å². The van der Waals surface area contributed by atoms with Crippen molar-refractivity contribution in [1.29, 1.82) is 0 Å². The van der Waals surface area contributed by atoms with E-state index in [4.69, 9.17) is 5.73 Å². The van der Waals surface area contributed by atoms with Crippen molar-refractivity contribution in [3.63, 3.8) is 0 Å². The van der Waals surface area contributed by atoms with E-state index in [1.165, 1.54) is 23.3 Å². The molecule has 0 aliphatic carbocycles. The van der Waals surface area contributed by atoms with E-state index in [-0.39, 0.29) is 11.8 Å². The molecule has 0 saturated heterocycles. The number of alkyl halides is 3. The molecule has 0 amide bonds. The van der Waals surface area contributed by atoms with E-state index in [0.29, 0.717) is 0 Å². The highest BCUT2D eigenvalue weighted by molar-refractivity contribution is 5.69. The Bertz CT molecular complexity index is 1030. The molecule has 1 aliphatic rings. The van der Waals surface area contributed by atoms with Gasteiger partial charge in [0.1, 0.15) is 5.75 Å². The van der Waals surface area contributed by atoms with Crippen LogP contribution in [0.25, 0.3) is 11.1 Å². The third-order valence-corrected chi connectivity index (χ3v) is 5.28. The molecule has 0 radical (unpaired) electrons. The zero-order valence-electron chi connectivity index (χ0n) is 15.9. The van der Waals surface area contributed by atoms with Gasteiger partial charge in [0, 0.05) is 12.2 Å². The van der Waals surface area contributed by atoms with E-state index >= 15 is 0 Å². The minimum absolute atomic E-state index is 0.0226. The van der Waals surface area contributed by atoms with Crippen molar-refractivity contribution in [2.45, 2.75) is 25.7 Å². The maximum absolute atomic E-state index is 12.4. The number of hydrogen-bond donors (Lipinski definition) is 2. The Morgan fingerprint density at radius 1 is 1.03 bits per heavy atom. The number of aryl methyl sites for hydroxylation is 1. The molecule has 1 atom stereocenters. The number of hydrogen-bond acceptors (Lipinski definition) is 3. The van der Waals surface area contributed by atoms with Gasteiger partial charge in [-0.2, -0.15) is 0 Å². The number of fused-ring (bicyclic) bond motifs is 1. The van der Waals surface area contributed by atoms with Gasteiger partial charge in [0.05, 0.1) is 6.04 Å². The molecule has 0 spiro atoms. The zero-order valence-corrected chi connectivity index (χ0v) is 15.9. The second-order valence-corrected chi connectivity index (χ2v) is 7.20. The average Bonchev–Trinajstić information content (AvgIpc) is 2.68. The molecule has 6 heteroatoms. The first-order valence-corrected chi connectivity index (χ1v) is 9.39. The Balaban J connectivity index is 1.69. The number of anilines is 1. The van der Waals surface area contributed by atoms with Gasteiger partial charge in [0.2, 0.25) is 0 Å². The van der Waals surface area contributed by atoms with Gasteiger partial charge in [-0.05, 0) is 71.0 Å². The standard InChI is InChI=1S/C23H21F3N2O/c1-14-5-6-16(22-19-3-2-4-21(27)18(19)11-12-28-22)13-20(14)15-7-9-17(10-8-15)29-23(24,25)26/h2-10,13,22,28H,11-12,27H2,1H3. The monoisotopic (exact) mass is 398 g/mol. The van der Waals surface area contributed by atoms with Gasteiger partial charge in [0.25, 0.3) is 0 Å². The molecule has 0 aromatic heterocycles. The van der Waals surface area contributed by atoms with Crippen molar-refractivity contribution in [2.24, 2.45) is 0 Å². The van der Waals surface area contributed by atoms with E-state index in [2.05, 4.69) is 28.3 Å². The Morgan fingerprint density at radius 3 is 2.52 bits per heavy atom. The summed E-state index contributed by atoms with van der Waals surface area (Å²) in [7, 11) is 0. The van der Waals surface area contributed by atoms with E-state index in [1.807, 2.05) is 25.1 Å². The number of ether oxygens (including phenoxy) is 1. The van der Waals surface area contributed by atoms with Crippen LogP contribution in [0.3, 0.4) is 0 Å². The molecule has 1 heterocycles. The number of nitrogens with two attached hydrogens (primary N) is 1. The summed E-state index contributed by atoms with van der Waals surface area (Å²) >= 11 is 0. The van der Waals surface area contributed by atoms with Gasteiger partial charge in [-0.25, -0.2) is 0 Å². The molecule has 0 bridgehead atoms. The number of nitrogen functional groups attached to an aromatic ring is 1. The highest BCUT2D eigenvalue weighted by Gasteiger charge is 2.31. The second-order valence-electron chi connectivity index (χ2n) is 7.20. The van der Waals surface area contributed by atoms with Gasteiger partial charge in [-0.15, -0.1) is 13.2 Å². The van der Waals surface area contributed by atoms with Crippen LogP contribution in [0.15, 0.2) is 60.7 Å². The van der Waals surface area contributed by atoms with Crippen molar-refractivity contribution in [3.8, 4) is 16.9 Å². The highest BCUT2D eigenvalue weighted by Crippen LogP contribution is 2.35. The third kappa shape index (κ3) is 4.07. The predicted octanol–water partition coefficient (Wildman–Crippen LogP) is 5.38. The summed E-state index contributed by atoms with van der Waals surface area (Å²) in [4.78, 5) is 0. The number of halogens is 3. The summed E-state index contributed by atoms with van der Waals surface area (Å²) in [6, 6.07) is 18.2. The first-order valence-electron chi connectivity index (χ1n) is 9.39. The third-order valence-electron chi connectivity index (χ3n) is 5.28. The summed E-state index contributed by atoms with van der Waals surface area (Å²) in [6.45, 7) is 2.82. The molecular formula is C23H21F3N2O. The fourth-order valence-electron chi connectivity index (χ4n) is 3.90. The van der Waals surface area contributed by atoms with E-state index in [0.717, 1.165) is 40.9 Å². The number of benzene rings is 3. The van der Waals surface area contributed by atoms with Crippen molar-refractivity contribution < 1.29 is 17.9 Å². The van der Waals surface area contributed by atoms with Crippen LogP contribution in [-0.2, 0) is 6.42 Å². The number of rotatable bonds is 3. The largest absolute Gasteiger partial charge is 0.573 e. The first kappa shape index (κ1) is 19.3. The second kappa shape index (κ2) is 7.44. The van der Waals surface area contributed by atoms with Crippen LogP contribution in [0.1, 0.15) is 28.3 Å². The molecule has 1 unspecified atom stereocenters. The van der Waals surface area contributed by atoms with Crippen LogP contribution in [-0.4, -0.2) is 12.9 Å². The Morgan fingerprint density at radius 2 is 1.79 bits per heavy atom.